The maximum atomic E-state index is 5.97. The maximum absolute atomic E-state index is 5.97. The average molecular weight is 288 g/mol. The van der Waals surface area contributed by atoms with E-state index in [0.717, 1.165) is 18.1 Å². The van der Waals surface area contributed by atoms with Crippen molar-refractivity contribution in [3.8, 4) is 0 Å². The van der Waals surface area contributed by atoms with Gasteiger partial charge < -0.3 is 5.32 Å². The first-order valence-electron chi connectivity index (χ1n) is 7.11. The van der Waals surface area contributed by atoms with E-state index in [9.17, 15) is 0 Å². The third-order valence-electron chi connectivity index (χ3n) is 3.60. The SMILES string of the molecule is Cc1cc(Cl)ccc1CNCc1ccc(C(C)C)cc1. The van der Waals surface area contributed by atoms with E-state index in [1.165, 1.54) is 22.3 Å². The van der Waals surface area contributed by atoms with Crippen LogP contribution < -0.4 is 5.32 Å². The molecule has 2 aromatic rings. The molecule has 0 atom stereocenters. The first-order chi connectivity index (χ1) is 9.56. The molecule has 0 spiro atoms. The highest BCUT2D eigenvalue weighted by molar-refractivity contribution is 6.30. The molecule has 1 N–H and O–H groups in total. The van der Waals surface area contributed by atoms with E-state index >= 15 is 0 Å². The van der Waals surface area contributed by atoms with Crippen LogP contribution in [0.4, 0.5) is 0 Å². The number of aryl methyl sites for hydroxylation is 1. The van der Waals surface area contributed by atoms with Crippen LogP contribution >= 0.6 is 11.6 Å². The first kappa shape index (κ1) is 15.1. The Balaban J connectivity index is 1.89. The van der Waals surface area contributed by atoms with Crippen molar-refractivity contribution in [2.45, 2.75) is 39.8 Å². The molecule has 0 aliphatic rings. The van der Waals surface area contributed by atoms with Gasteiger partial charge in [0.1, 0.15) is 0 Å². The van der Waals surface area contributed by atoms with Crippen molar-refractivity contribution in [2.75, 3.05) is 0 Å². The van der Waals surface area contributed by atoms with Gasteiger partial charge in [0.15, 0.2) is 0 Å². The number of rotatable bonds is 5. The second kappa shape index (κ2) is 6.92. The Bertz CT molecular complexity index is 558. The van der Waals surface area contributed by atoms with Crippen LogP contribution in [0.1, 0.15) is 42.0 Å². The Morgan fingerprint density at radius 1 is 1.00 bits per heavy atom. The molecule has 0 aromatic heterocycles. The maximum Gasteiger partial charge on any atom is 0.0408 e. The fourth-order valence-electron chi connectivity index (χ4n) is 2.22. The summed E-state index contributed by atoms with van der Waals surface area (Å²) in [5, 5.41) is 4.29. The second-order valence-electron chi connectivity index (χ2n) is 5.57. The third kappa shape index (κ3) is 4.09. The summed E-state index contributed by atoms with van der Waals surface area (Å²) in [5.41, 5.74) is 5.25. The van der Waals surface area contributed by atoms with Crippen molar-refractivity contribution >= 4 is 11.6 Å². The number of hydrogen-bond acceptors (Lipinski definition) is 1. The molecule has 2 rings (SSSR count). The monoisotopic (exact) mass is 287 g/mol. The van der Waals surface area contributed by atoms with Crippen LogP contribution in [-0.4, -0.2) is 0 Å². The molecule has 0 unspecified atom stereocenters. The van der Waals surface area contributed by atoms with E-state index in [-0.39, 0.29) is 0 Å². The highest BCUT2D eigenvalue weighted by Crippen LogP contribution is 2.16. The molecule has 20 heavy (non-hydrogen) atoms. The summed E-state index contributed by atoms with van der Waals surface area (Å²) in [6.07, 6.45) is 0. The highest BCUT2D eigenvalue weighted by atomic mass is 35.5. The van der Waals surface area contributed by atoms with Gasteiger partial charge in [0.25, 0.3) is 0 Å². The molecule has 1 nitrogen and oxygen atoms in total. The van der Waals surface area contributed by atoms with Crippen LogP contribution in [0.5, 0.6) is 0 Å². The quantitative estimate of drug-likeness (QED) is 0.810. The molecule has 0 aliphatic carbocycles. The van der Waals surface area contributed by atoms with Gasteiger partial charge in [-0.15, -0.1) is 0 Å². The molecule has 0 heterocycles. The van der Waals surface area contributed by atoms with E-state index in [0.29, 0.717) is 5.92 Å². The molecule has 0 bridgehead atoms. The number of benzene rings is 2. The lowest BCUT2D eigenvalue weighted by Crippen LogP contribution is -2.13. The molecule has 106 valence electrons. The fourth-order valence-corrected chi connectivity index (χ4v) is 2.45. The number of hydrogen-bond donors (Lipinski definition) is 1. The molecule has 0 radical (unpaired) electrons. The molecule has 2 aromatic carbocycles. The largest absolute Gasteiger partial charge is 0.309 e. The minimum atomic E-state index is 0.591. The van der Waals surface area contributed by atoms with Crippen LogP contribution in [0.25, 0.3) is 0 Å². The van der Waals surface area contributed by atoms with Crippen molar-refractivity contribution in [1.82, 2.24) is 5.32 Å². The molecule has 0 fully saturated rings. The van der Waals surface area contributed by atoms with Gasteiger partial charge >= 0.3 is 0 Å². The van der Waals surface area contributed by atoms with Gasteiger partial charge in [0, 0.05) is 18.1 Å². The van der Waals surface area contributed by atoms with E-state index in [2.05, 4.69) is 56.4 Å². The zero-order chi connectivity index (χ0) is 14.5. The lowest BCUT2D eigenvalue weighted by atomic mass is 10.0. The van der Waals surface area contributed by atoms with E-state index in [1.807, 2.05) is 12.1 Å². The summed E-state index contributed by atoms with van der Waals surface area (Å²) in [5.74, 6) is 0.591. The van der Waals surface area contributed by atoms with Gasteiger partial charge in [-0.3, -0.25) is 0 Å². The minimum absolute atomic E-state index is 0.591. The van der Waals surface area contributed by atoms with E-state index in [1.54, 1.807) is 0 Å². The predicted octanol–water partition coefficient (Wildman–Crippen LogP) is 5.06. The standard InChI is InChI=1S/C18H22ClN/c1-13(2)16-6-4-15(5-7-16)11-20-12-17-8-9-18(19)10-14(17)3/h4-10,13,20H,11-12H2,1-3H3. The molecule has 0 saturated heterocycles. The summed E-state index contributed by atoms with van der Waals surface area (Å²) in [6, 6.07) is 14.9. The van der Waals surface area contributed by atoms with E-state index < -0.39 is 0 Å². The molecule has 0 saturated carbocycles. The third-order valence-corrected chi connectivity index (χ3v) is 3.83. The van der Waals surface area contributed by atoms with Gasteiger partial charge in [-0.05, 0) is 47.2 Å². The van der Waals surface area contributed by atoms with Crippen molar-refractivity contribution in [3.05, 3.63) is 69.7 Å². The van der Waals surface area contributed by atoms with Crippen LogP contribution in [0.3, 0.4) is 0 Å². The predicted molar refractivity (Wildman–Crippen MR) is 87.3 cm³/mol. The Hall–Kier alpha value is -1.31. The van der Waals surface area contributed by atoms with Crippen molar-refractivity contribution < 1.29 is 0 Å². The Morgan fingerprint density at radius 2 is 1.70 bits per heavy atom. The zero-order valence-electron chi connectivity index (χ0n) is 12.4. The minimum Gasteiger partial charge on any atom is -0.309 e. The Labute approximate surface area is 127 Å². The summed E-state index contributed by atoms with van der Waals surface area (Å²) >= 11 is 5.97. The second-order valence-corrected chi connectivity index (χ2v) is 6.01. The Morgan fingerprint density at radius 3 is 2.30 bits per heavy atom. The summed E-state index contributed by atoms with van der Waals surface area (Å²) in [6.45, 7) is 8.29. The molecule has 2 heteroatoms. The number of halogens is 1. The summed E-state index contributed by atoms with van der Waals surface area (Å²) in [7, 11) is 0. The lowest BCUT2D eigenvalue weighted by Gasteiger charge is -2.10. The van der Waals surface area contributed by atoms with Gasteiger partial charge in [0.2, 0.25) is 0 Å². The zero-order valence-corrected chi connectivity index (χ0v) is 13.2. The van der Waals surface area contributed by atoms with Crippen LogP contribution in [0.2, 0.25) is 5.02 Å². The molecule has 0 aliphatic heterocycles. The summed E-state index contributed by atoms with van der Waals surface area (Å²) in [4.78, 5) is 0. The summed E-state index contributed by atoms with van der Waals surface area (Å²) < 4.78 is 0. The smallest absolute Gasteiger partial charge is 0.0408 e. The van der Waals surface area contributed by atoms with Crippen molar-refractivity contribution in [2.24, 2.45) is 0 Å². The van der Waals surface area contributed by atoms with Crippen LogP contribution in [0, 0.1) is 6.92 Å². The topological polar surface area (TPSA) is 12.0 Å². The Kier molecular flexibility index (Phi) is 5.22. The van der Waals surface area contributed by atoms with Crippen molar-refractivity contribution in [3.63, 3.8) is 0 Å². The van der Waals surface area contributed by atoms with Crippen molar-refractivity contribution in [1.29, 1.82) is 0 Å². The molecular formula is C18H22ClN. The first-order valence-corrected chi connectivity index (χ1v) is 7.48. The van der Waals surface area contributed by atoms with Gasteiger partial charge in [-0.25, -0.2) is 0 Å². The average Bonchev–Trinajstić information content (AvgIpc) is 2.42. The van der Waals surface area contributed by atoms with Gasteiger partial charge in [-0.2, -0.15) is 0 Å². The highest BCUT2D eigenvalue weighted by Gasteiger charge is 2.01. The van der Waals surface area contributed by atoms with Crippen LogP contribution in [0.15, 0.2) is 42.5 Å². The van der Waals surface area contributed by atoms with Crippen LogP contribution in [-0.2, 0) is 13.1 Å². The lowest BCUT2D eigenvalue weighted by molar-refractivity contribution is 0.690. The van der Waals surface area contributed by atoms with Gasteiger partial charge in [-0.1, -0.05) is 55.8 Å². The normalized spacial score (nSPS) is 11.1. The number of nitrogens with one attached hydrogen (secondary N) is 1. The fraction of sp³-hybridized carbons (Fsp3) is 0.333. The molecular weight excluding hydrogens is 266 g/mol. The molecule has 0 amide bonds. The van der Waals surface area contributed by atoms with Gasteiger partial charge in [0.05, 0.1) is 0 Å². The van der Waals surface area contributed by atoms with E-state index in [4.69, 9.17) is 11.6 Å².